The minimum absolute atomic E-state index is 0.0994. The van der Waals surface area contributed by atoms with Crippen LogP contribution in [0.2, 0.25) is 0 Å². The number of aromatic nitrogens is 2. The number of hydrogen-bond donors (Lipinski definition) is 3. The lowest BCUT2D eigenvalue weighted by Crippen LogP contribution is -2.34. The molecule has 13 heteroatoms. The van der Waals surface area contributed by atoms with Crippen LogP contribution in [-0.4, -0.2) is 53.6 Å². The molecule has 0 saturated carbocycles. The molecule has 1 aliphatic rings. The number of nitrogens with one attached hydrogen (secondary N) is 1. The van der Waals surface area contributed by atoms with Crippen LogP contribution in [-0.2, 0) is 25.2 Å². The van der Waals surface area contributed by atoms with E-state index in [0.29, 0.717) is 12.1 Å². The zero-order valence-electron chi connectivity index (χ0n) is 17.8. The molecule has 0 bridgehead atoms. The summed E-state index contributed by atoms with van der Waals surface area (Å²) in [5, 5.41) is 17.4. The smallest absolute Gasteiger partial charge is 0.348 e. The number of fused-ring (bicyclic) bond motifs is 1. The van der Waals surface area contributed by atoms with Gasteiger partial charge in [-0.3, -0.25) is 14.2 Å². The number of amidine groups is 1. The van der Waals surface area contributed by atoms with Gasteiger partial charge in [0.25, 0.3) is 11.5 Å². The molecule has 1 amide bonds. The van der Waals surface area contributed by atoms with Crippen molar-refractivity contribution >= 4 is 30.3 Å². The van der Waals surface area contributed by atoms with Crippen molar-refractivity contribution in [3.63, 3.8) is 0 Å². The Labute approximate surface area is 183 Å². The maximum Gasteiger partial charge on any atom is 0.348 e. The van der Waals surface area contributed by atoms with E-state index >= 15 is 0 Å². The van der Waals surface area contributed by atoms with Gasteiger partial charge in [-0.2, -0.15) is 9.86 Å². The molecule has 2 heterocycles. The highest BCUT2D eigenvalue weighted by molar-refractivity contribution is 7.66. The van der Waals surface area contributed by atoms with Gasteiger partial charge in [0, 0.05) is 20.8 Å². The van der Waals surface area contributed by atoms with Gasteiger partial charge in [0.1, 0.15) is 11.3 Å². The molecule has 12 nitrogen and oxygen atoms in total. The average Bonchev–Trinajstić information content (AvgIpc) is 2.77. The molecule has 172 valence electrons. The normalized spacial score (nSPS) is 18.3. The number of hydrogen-bond acceptors (Lipinski definition) is 9. The first-order chi connectivity index (χ1) is 15.2. The summed E-state index contributed by atoms with van der Waals surface area (Å²) in [6.45, 7) is 1.74. The van der Waals surface area contributed by atoms with Gasteiger partial charge < -0.3 is 30.2 Å². The second kappa shape index (κ2) is 9.51. The van der Waals surface area contributed by atoms with Crippen LogP contribution in [0, 0.1) is 0 Å². The number of carbonyl (C=O) groups excluding carboxylic acids is 1. The van der Waals surface area contributed by atoms with E-state index in [2.05, 4.69) is 15.2 Å². The molecular weight excluding hydrogens is 441 g/mol. The number of methoxy groups -OCH3 is 1. The van der Waals surface area contributed by atoms with Crippen LogP contribution in [0.4, 0.5) is 5.69 Å². The quantitative estimate of drug-likeness (QED) is 0.449. The minimum Gasteiger partial charge on any atom is -0.505 e. The van der Waals surface area contributed by atoms with Crippen molar-refractivity contribution in [3.8, 4) is 11.5 Å². The lowest BCUT2D eigenvalue weighted by Gasteiger charge is -2.24. The highest BCUT2D eigenvalue weighted by Crippen LogP contribution is 2.51. The van der Waals surface area contributed by atoms with Crippen LogP contribution in [0.15, 0.2) is 34.0 Å². The monoisotopic (exact) mass is 465 g/mol. The average molecular weight is 465 g/mol. The Balaban J connectivity index is 2.01. The summed E-state index contributed by atoms with van der Waals surface area (Å²) in [6, 6.07) is 4.46. The van der Waals surface area contributed by atoms with E-state index in [1.54, 1.807) is 7.11 Å². The Morgan fingerprint density at radius 1 is 1.38 bits per heavy atom. The largest absolute Gasteiger partial charge is 0.505 e. The van der Waals surface area contributed by atoms with Crippen LogP contribution < -0.4 is 26.7 Å². The number of nitrogens with zero attached hydrogens (tertiary/aromatic N) is 3. The SMILES string of the molecule is COC(C)CCn1ncc(O)c(C2=NP(=O)(OC)c3cc(OCC(N)=O)ccc3N2)c1=O. The first-order valence-electron chi connectivity index (χ1n) is 9.59. The van der Waals surface area contributed by atoms with Gasteiger partial charge in [0.2, 0.25) is 0 Å². The Morgan fingerprint density at radius 2 is 2.12 bits per heavy atom. The predicted octanol–water partition coefficient (Wildman–Crippen LogP) is 0.575. The molecule has 3 rings (SSSR count). The van der Waals surface area contributed by atoms with Gasteiger partial charge in [-0.25, -0.2) is 4.68 Å². The molecule has 32 heavy (non-hydrogen) atoms. The second-order valence-electron chi connectivity index (χ2n) is 6.98. The van der Waals surface area contributed by atoms with Gasteiger partial charge >= 0.3 is 7.52 Å². The third-order valence-electron chi connectivity index (χ3n) is 4.80. The standard InChI is InChI=1S/C19H24N5O7P/c1-11(29-2)6-7-24-19(27)17(14(25)9-21-24)18-22-13-5-4-12(31-10-16(20)26)8-15(13)32(28,23-18)30-3/h4-5,8-9,11,25H,6-7,10H2,1-3H3,(H2,20,26)(H,22,23,28). The van der Waals surface area contributed by atoms with Gasteiger partial charge in [-0.05, 0) is 31.5 Å². The molecule has 1 aromatic carbocycles. The molecule has 0 fully saturated rings. The van der Waals surface area contributed by atoms with Crippen molar-refractivity contribution in [2.24, 2.45) is 10.5 Å². The number of aromatic hydroxyl groups is 1. The number of primary amides is 1. The molecule has 0 spiro atoms. The summed E-state index contributed by atoms with van der Waals surface area (Å²) >= 11 is 0. The van der Waals surface area contributed by atoms with E-state index in [1.165, 1.54) is 30.0 Å². The maximum absolute atomic E-state index is 13.4. The van der Waals surface area contributed by atoms with Crippen LogP contribution in [0.5, 0.6) is 11.5 Å². The molecule has 0 aliphatic carbocycles. The number of amides is 1. The van der Waals surface area contributed by atoms with Gasteiger partial charge in [-0.15, -0.1) is 0 Å². The molecule has 1 aromatic heterocycles. The van der Waals surface area contributed by atoms with Gasteiger partial charge in [0.05, 0.1) is 23.3 Å². The third kappa shape index (κ3) is 4.82. The summed E-state index contributed by atoms with van der Waals surface area (Å²) in [5.74, 6) is -0.973. The van der Waals surface area contributed by atoms with Crippen molar-refractivity contribution in [3.05, 3.63) is 40.3 Å². The maximum atomic E-state index is 13.4. The number of rotatable bonds is 9. The molecule has 0 saturated heterocycles. The van der Waals surface area contributed by atoms with E-state index in [9.17, 15) is 19.3 Å². The van der Waals surface area contributed by atoms with E-state index in [0.717, 1.165) is 6.20 Å². The minimum atomic E-state index is -3.84. The molecule has 2 atom stereocenters. The zero-order valence-corrected chi connectivity index (χ0v) is 18.7. The number of ether oxygens (including phenoxy) is 2. The second-order valence-corrected chi connectivity index (χ2v) is 9.07. The summed E-state index contributed by atoms with van der Waals surface area (Å²) in [4.78, 5) is 23.9. The summed E-state index contributed by atoms with van der Waals surface area (Å²) in [7, 11) is -1.06. The van der Waals surface area contributed by atoms with Crippen LogP contribution in [0.1, 0.15) is 18.9 Å². The molecule has 2 aromatic rings. The number of nitrogens with two attached hydrogens (primary N) is 1. The van der Waals surface area contributed by atoms with E-state index in [-0.39, 0.29) is 41.7 Å². The third-order valence-corrected chi connectivity index (χ3v) is 6.73. The van der Waals surface area contributed by atoms with Gasteiger partial charge in [-0.1, -0.05) is 0 Å². The first kappa shape index (κ1) is 23.5. The van der Waals surface area contributed by atoms with E-state index in [1.807, 2.05) is 6.92 Å². The Bertz CT molecular complexity index is 1160. The summed E-state index contributed by atoms with van der Waals surface area (Å²) in [5.41, 5.74) is 4.61. The number of anilines is 1. The van der Waals surface area contributed by atoms with E-state index in [4.69, 9.17) is 19.7 Å². The molecule has 0 radical (unpaired) electrons. The zero-order chi connectivity index (χ0) is 23.5. The van der Waals surface area contributed by atoms with Crippen molar-refractivity contribution in [1.82, 2.24) is 9.78 Å². The Hall–Kier alpha value is -3.21. The molecular formula is C19H24N5O7P. The molecule has 1 aliphatic heterocycles. The lowest BCUT2D eigenvalue weighted by molar-refractivity contribution is -0.119. The van der Waals surface area contributed by atoms with Crippen molar-refractivity contribution in [1.29, 1.82) is 0 Å². The first-order valence-corrected chi connectivity index (χ1v) is 11.2. The fourth-order valence-corrected chi connectivity index (χ4v) is 4.49. The van der Waals surface area contributed by atoms with Crippen molar-refractivity contribution < 1.29 is 28.5 Å². The van der Waals surface area contributed by atoms with Gasteiger partial charge in [0.15, 0.2) is 18.2 Å². The van der Waals surface area contributed by atoms with Crippen LogP contribution >= 0.6 is 7.52 Å². The topological polar surface area (TPSA) is 167 Å². The highest BCUT2D eigenvalue weighted by atomic mass is 31.2. The number of carbonyl (C=O) groups is 1. The van der Waals surface area contributed by atoms with Crippen LogP contribution in [0.25, 0.3) is 0 Å². The van der Waals surface area contributed by atoms with E-state index < -0.39 is 24.7 Å². The lowest BCUT2D eigenvalue weighted by atomic mass is 10.2. The Kier molecular flexibility index (Phi) is 6.97. The van der Waals surface area contributed by atoms with Crippen molar-refractivity contribution in [2.45, 2.75) is 26.0 Å². The summed E-state index contributed by atoms with van der Waals surface area (Å²) < 4.78 is 34.4. The van der Waals surface area contributed by atoms with Crippen LogP contribution in [0.3, 0.4) is 0 Å². The summed E-state index contributed by atoms with van der Waals surface area (Å²) in [6.07, 6.45) is 1.53. The number of aryl methyl sites for hydroxylation is 1. The Morgan fingerprint density at radius 3 is 2.78 bits per heavy atom. The van der Waals surface area contributed by atoms with Crippen molar-refractivity contribution in [2.75, 3.05) is 26.1 Å². The molecule has 2 unspecified atom stereocenters. The fourth-order valence-electron chi connectivity index (χ4n) is 2.97. The highest BCUT2D eigenvalue weighted by Gasteiger charge is 2.35. The number of benzene rings is 1. The molecule has 4 N–H and O–H groups in total. The predicted molar refractivity (Wildman–Crippen MR) is 117 cm³/mol. The fraction of sp³-hybridized carbons (Fsp3) is 0.368.